The number of hydrogen-bond donors (Lipinski definition) is 0. The molecule has 6 aromatic rings. The molecule has 0 saturated heterocycles. The molecule has 288 valence electrons. The number of carbonyl (C=O) groups is 3. The maximum atomic E-state index is 13.4. The van der Waals surface area contributed by atoms with Crippen LogP contribution in [0.25, 0.3) is 0 Å². The molecule has 3 heterocycles. The molecule has 3 aromatic carbocycles. The molecular weight excluding hydrogens is 727 g/mol. The van der Waals surface area contributed by atoms with Crippen molar-refractivity contribution < 1.29 is 42.8 Å². The minimum atomic E-state index is -0.562. The number of fused-ring (bicyclic) bond motifs is 3. The van der Waals surface area contributed by atoms with Gasteiger partial charge in [-0.3, -0.25) is 15.0 Å². The lowest BCUT2D eigenvalue weighted by Crippen LogP contribution is -2.11. The van der Waals surface area contributed by atoms with Gasteiger partial charge in [-0.25, -0.2) is 14.4 Å². The zero-order chi connectivity index (χ0) is 40.2. The van der Waals surface area contributed by atoms with E-state index >= 15 is 0 Å². The van der Waals surface area contributed by atoms with Crippen LogP contribution in [0.3, 0.4) is 0 Å². The third-order valence-corrected chi connectivity index (χ3v) is 9.61. The third-order valence-electron chi connectivity index (χ3n) is 9.61. The molecular formula is C45H39N3O9. The Balaban J connectivity index is 1.35. The molecule has 1 aliphatic rings. The van der Waals surface area contributed by atoms with Crippen molar-refractivity contribution in [1.29, 1.82) is 0 Å². The monoisotopic (exact) mass is 765 g/mol. The van der Waals surface area contributed by atoms with Crippen LogP contribution in [0.2, 0.25) is 0 Å². The summed E-state index contributed by atoms with van der Waals surface area (Å²) in [5.74, 6) is 0.0839. The van der Waals surface area contributed by atoms with Crippen molar-refractivity contribution in [2.24, 2.45) is 0 Å². The molecule has 1 aliphatic carbocycles. The molecule has 0 saturated carbocycles. The Morgan fingerprint density at radius 1 is 0.404 bits per heavy atom. The van der Waals surface area contributed by atoms with Gasteiger partial charge in [0.1, 0.15) is 0 Å². The summed E-state index contributed by atoms with van der Waals surface area (Å²) in [7, 11) is 4.54. The predicted molar refractivity (Wildman–Crippen MR) is 209 cm³/mol. The highest BCUT2D eigenvalue weighted by Gasteiger charge is 2.25. The molecule has 0 spiro atoms. The lowest BCUT2D eigenvalue weighted by molar-refractivity contribution is 0.0720. The zero-order valence-electron chi connectivity index (χ0n) is 32.3. The highest BCUT2D eigenvalue weighted by Crippen LogP contribution is 2.41. The summed E-state index contributed by atoms with van der Waals surface area (Å²) in [6.45, 7) is 5.39. The standard InChI is InChI=1S/C45H39N3O9/c1-25-13-28(7-10-46-25)43(49)55-40-22-34-16-32-20-38(53-5)42(57-45(51)30-9-12-48-27(3)15-30)24-36(32)18-33-21-39(54-6)41(23-35(33)17-31(34)19-37(40)52-4)56-44(50)29-8-11-47-26(2)14-29/h7-15,19-24H,16-18H2,1-6H3. The summed E-state index contributed by atoms with van der Waals surface area (Å²) >= 11 is 0. The first-order chi connectivity index (χ1) is 27.5. The molecule has 0 N–H and O–H groups in total. The zero-order valence-corrected chi connectivity index (χ0v) is 32.3. The van der Waals surface area contributed by atoms with Gasteiger partial charge in [0.2, 0.25) is 0 Å². The lowest BCUT2D eigenvalue weighted by Gasteiger charge is -2.17. The quantitative estimate of drug-likeness (QED) is 0.106. The Labute approximate surface area is 329 Å². The van der Waals surface area contributed by atoms with E-state index in [-0.39, 0.29) is 17.2 Å². The summed E-state index contributed by atoms with van der Waals surface area (Å²) in [5, 5.41) is 0. The van der Waals surface area contributed by atoms with Crippen molar-refractivity contribution in [3.63, 3.8) is 0 Å². The topological polar surface area (TPSA) is 145 Å². The Morgan fingerprint density at radius 2 is 0.649 bits per heavy atom. The van der Waals surface area contributed by atoms with Gasteiger partial charge >= 0.3 is 17.9 Å². The van der Waals surface area contributed by atoms with Gasteiger partial charge in [0.15, 0.2) is 34.5 Å². The van der Waals surface area contributed by atoms with Crippen LogP contribution in [0.1, 0.15) is 81.5 Å². The van der Waals surface area contributed by atoms with Crippen molar-refractivity contribution in [3.8, 4) is 34.5 Å². The van der Waals surface area contributed by atoms with E-state index in [0.29, 0.717) is 70.3 Å². The summed E-state index contributed by atoms with van der Waals surface area (Å²) in [6.07, 6.45) is 5.81. The van der Waals surface area contributed by atoms with Crippen molar-refractivity contribution in [1.82, 2.24) is 15.0 Å². The highest BCUT2D eigenvalue weighted by atomic mass is 16.6. The van der Waals surface area contributed by atoms with Crippen LogP contribution in [0, 0.1) is 20.8 Å². The van der Waals surface area contributed by atoms with Crippen LogP contribution >= 0.6 is 0 Å². The number of aryl methyl sites for hydroxylation is 3. The molecule has 57 heavy (non-hydrogen) atoms. The van der Waals surface area contributed by atoms with Gasteiger partial charge in [-0.1, -0.05) is 0 Å². The summed E-state index contributed by atoms with van der Waals surface area (Å²) in [5.41, 5.74) is 8.17. The maximum Gasteiger partial charge on any atom is 0.343 e. The molecule has 0 unspecified atom stereocenters. The van der Waals surface area contributed by atoms with Crippen LogP contribution in [0.4, 0.5) is 0 Å². The second kappa shape index (κ2) is 16.3. The minimum absolute atomic E-state index is 0.235. The summed E-state index contributed by atoms with van der Waals surface area (Å²) < 4.78 is 35.2. The first kappa shape index (κ1) is 38.2. The number of pyridine rings is 3. The van der Waals surface area contributed by atoms with Crippen LogP contribution in [-0.2, 0) is 19.3 Å². The Kier molecular flexibility index (Phi) is 11.0. The summed E-state index contributed by atoms with van der Waals surface area (Å²) in [6, 6.07) is 20.7. The van der Waals surface area contributed by atoms with Gasteiger partial charge in [0.25, 0.3) is 0 Å². The van der Waals surface area contributed by atoms with E-state index in [9.17, 15) is 14.4 Å². The molecule has 0 amide bonds. The van der Waals surface area contributed by atoms with Crippen LogP contribution < -0.4 is 28.4 Å². The number of esters is 3. The smallest absolute Gasteiger partial charge is 0.343 e. The van der Waals surface area contributed by atoms with Crippen molar-refractivity contribution in [2.45, 2.75) is 40.0 Å². The van der Waals surface area contributed by atoms with E-state index in [1.807, 2.05) is 18.2 Å². The highest BCUT2D eigenvalue weighted by molar-refractivity contribution is 5.92. The lowest BCUT2D eigenvalue weighted by atomic mass is 9.94. The molecule has 0 atom stereocenters. The average molecular weight is 766 g/mol. The van der Waals surface area contributed by atoms with E-state index in [1.54, 1.807) is 94.0 Å². The molecule has 0 fully saturated rings. The van der Waals surface area contributed by atoms with Crippen molar-refractivity contribution in [2.75, 3.05) is 21.3 Å². The number of carbonyl (C=O) groups excluding carboxylic acids is 3. The molecule has 0 radical (unpaired) electrons. The van der Waals surface area contributed by atoms with E-state index in [1.165, 1.54) is 21.3 Å². The second-order valence-corrected chi connectivity index (χ2v) is 13.6. The number of methoxy groups -OCH3 is 3. The largest absolute Gasteiger partial charge is 0.493 e. The minimum Gasteiger partial charge on any atom is -0.493 e. The van der Waals surface area contributed by atoms with E-state index < -0.39 is 17.9 Å². The molecule has 3 aromatic heterocycles. The van der Waals surface area contributed by atoms with Gasteiger partial charge in [0.05, 0.1) is 38.0 Å². The van der Waals surface area contributed by atoms with Gasteiger partial charge in [-0.05, 0) is 146 Å². The first-order valence-corrected chi connectivity index (χ1v) is 18.1. The van der Waals surface area contributed by atoms with Crippen LogP contribution in [0.15, 0.2) is 91.4 Å². The van der Waals surface area contributed by atoms with Gasteiger partial charge in [-0.2, -0.15) is 0 Å². The number of hydrogen-bond acceptors (Lipinski definition) is 12. The molecule has 0 bridgehead atoms. The van der Waals surface area contributed by atoms with Gasteiger partial charge < -0.3 is 28.4 Å². The van der Waals surface area contributed by atoms with Crippen molar-refractivity contribution in [3.05, 3.63) is 159 Å². The average Bonchev–Trinajstić information content (AvgIpc) is 3.25. The number of nitrogens with zero attached hydrogens (tertiary/aromatic N) is 3. The Morgan fingerprint density at radius 3 is 0.877 bits per heavy atom. The van der Waals surface area contributed by atoms with E-state index in [2.05, 4.69) is 15.0 Å². The Bertz CT molecular complexity index is 2270. The summed E-state index contributed by atoms with van der Waals surface area (Å²) in [4.78, 5) is 52.6. The molecule has 12 nitrogen and oxygen atoms in total. The maximum absolute atomic E-state index is 13.4. The fraction of sp³-hybridized carbons (Fsp3) is 0.200. The first-order valence-electron chi connectivity index (χ1n) is 18.1. The number of benzene rings is 3. The van der Waals surface area contributed by atoms with Gasteiger partial charge in [-0.15, -0.1) is 0 Å². The third kappa shape index (κ3) is 8.45. The molecule has 7 rings (SSSR count). The SMILES string of the molecule is COc1cc2c(cc1OC(=O)c1ccnc(C)c1)Cc1cc(OC)c(OC(=O)c3ccnc(C)c3)cc1Cc1cc(OC)c(OC(=O)c3ccnc(C)c3)cc1C2. The molecule has 0 aliphatic heterocycles. The second-order valence-electron chi connectivity index (χ2n) is 13.6. The number of aromatic nitrogens is 3. The number of rotatable bonds is 9. The van der Waals surface area contributed by atoms with Gasteiger partial charge in [0, 0.05) is 35.7 Å². The van der Waals surface area contributed by atoms with Crippen LogP contribution in [0.5, 0.6) is 34.5 Å². The van der Waals surface area contributed by atoms with E-state index in [0.717, 1.165) is 33.4 Å². The van der Waals surface area contributed by atoms with Crippen LogP contribution in [-0.4, -0.2) is 54.2 Å². The fourth-order valence-electron chi connectivity index (χ4n) is 6.75. The number of ether oxygens (including phenoxy) is 6. The fourth-order valence-corrected chi connectivity index (χ4v) is 6.75. The Hall–Kier alpha value is -7.08. The normalized spacial score (nSPS) is 11.7. The van der Waals surface area contributed by atoms with Crippen molar-refractivity contribution >= 4 is 17.9 Å². The molecule has 12 heteroatoms. The van der Waals surface area contributed by atoms with E-state index in [4.69, 9.17) is 28.4 Å². The predicted octanol–water partition coefficient (Wildman–Crippen LogP) is 7.57.